The maximum Gasteiger partial charge on any atom is 0.314 e. The van der Waals surface area contributed by atoms with Crippen molar-refractivity contribution in [1.82, 2.24) is 4.98 Å². The zero-order valence-electron chi connectivity index (χ0n) is 11.1. The molecule has 1 aromatic heterocycles. The quantitative estimate of drug-likeness (QED) is 0.617. The second kappa shape index (κ2) is 5.34. The van der Waals surface area contributed by atoms with E-state index in [1.165, 1.54) is 0 Å². The molecule has 1 heterocycles. The predicted octanol–water partition coefficient (Wildman–Crippen LogP) is 2.25. The zero-order valence-corrected chi connectivity index (χ0v) is 11.1. The molecule has 0 aliphatic heterocycles. The Morgan fingerprint density at radius 1 is 1.42 bits per heavy atom. The minimum atomic E-state index is -0.387. The van der Waals surface area contributed by atoms with Crippen LogP contribution in [0.2, 0.25) is 0 Å². The summed E-state index contributed by atoms with van der Waals surface area (Å²) in [5.74, 6) is 0.667. The van der Waals surface area contributed by atoms with E-state index < -0.39 is 0 Å². The molecule has 0 bridgehead atoms. The lowest BCUT2D eigenvalue weighted by atomic mass is 9.93. The highest BCUT2D eigenvalue weighted by Gasteiger charge is 2.28. The highest BCUT2D eigenvalue weighted by atomic mass is 16.6. The Balaban J connectivity index is 2.28. The average molecular weight is 263 g/mol. The van der Waals surface area contributed by atoms with Crippen LogP contribution in [-0.2, 0) is 4.79 Å². The number of Topliss-reactive ketones (excluding diaryl/α,β-unsaturated/α-hetero) is 1. The van der Waals surface area contributed by atoms with E-state index in [2.05, 4.69) is 4.98 Å². The third-order valence-corrected chi connectivity index (χ3v) is 3.68. The summed E-state index contributed by atoms with van der Waals surface area (Å²) in [6.45, 7) is 1.71. The SMILES string of the molecule is Cc1ccnc(N(C)C2CCC(=O)CC2)c1[N+](=O)[O-]. The standard InChI is InChI=1S/C13H17N3O3/c1-9-7-8-14-13(12(9)16(18)19)15(2)10-3-5-11(17)6-4-10/h7-8,10H,3-6H2,1-2H3. The second-order valence-electron chi connectivity index (χ2n) is 4.94. The third kappa shape index (κ3) is 2.72. The summed E-state index contributed by atoms with van der Waals surface area (Å²) >= 11 is 0. The van der Waals surface area contributed by atoms with Crippen LogP contribution in [0.15, 0.2) is 12.3 Å². The molecule has 0 atom stereocenters. The zero-order chi connectivity index (χ0) is 14.0. The number of nitro groups is 1. The van der Waals surface area contributed by atoms with Gasteiger partial charge in [0.2, 0.25) is 5.82 Å². The van der Waals surface area contributed by atoms with E-state index in [0.29, 0.717) is 24.2 Å². The van der Waals surface area contributed by atoms with Gasteiger partial charge in [0.25, 0.3) is 0 Å². The molecular formula is C13H17N3O3. The van der Waals surface area contributed by atoms with Gasteiger partial charge in [0.1, 0.15) is 5.78 Å². The summed E-state index contributed by atoms with van der Waals surface area (Å²) in [5.41, 5.74) is 0.663. The van der Waals surface area contributed by atoms with Gasteiger partial charge in [0.15, 0.2) is 0 Å². The van der Waals surface area contributed by atoms with Gasteiger partial charge >= 0.3 is 5.69 Å². The van der Waals surface area contributed by atoms with E-state index in [9.17, 15) is 14.9 Å². The lowest BCUT2D eigenvalue weighted by molar-refractivity contribution is -0.384. The van der Waals surface area contributed by atoms with E-state index in [-0.39, 0.29) is 22.4 Å². The number of aromatic nitrogens is 1. The van der Waals surface area contributed by atoms with Crippen molar-refractivity contribution in [2.75, 3.05) is 11.9 Å². The molecule has 102 valence electrons. The molecule has 2 rings (SSSR count). The van der Waals surface area contributed by atoms with Gasteiger partial charge in [-0.3, -0.25) is 14.9 Å². The lowest BCUT2D eigenvalue weighted by Crippen LogP contribution is -2.36. The van der Waals surface area contributed by atoms with Gasteiger partial charge in [-0.2, -0.15) is 0 Å². The number of hydrogen-bond donors (Lipinski definition) is 0. The highest BCUT2D eigenvalue weighted by molar-refractivity contribution is 5.79. The van der Waals surface area contributed by atoms with Gasteiger partial charge in [-0.25, -0.2) is 4.98 Å². The molecule has 1 aliphatic rings. The molecule has 1 fully saturated rings. The molecule has 6 heteroatoms. The first-order chi connectivity index (χ1) is 9.00. The fraction of sp³-hybridized carbons (Fsp3) is 0.538. The van der Waals surface area contributed by atoms with Crippen LogP contribution in [0.25, 0.3) is 0 Å². The van der Waals surface area contributed by atoms with Gasteiger partial charge in [-0.05, 0) is 25.8 Å². The normalized spacial score (nSPS) is 16.4. The summed E-state index contributed by atoms with van der Waals surface area (Å²) in [5, 5.41) is 11.2. The van der Waals surface area contributed by atoms with Crippen molar-refractivity contribution in [3.8, 4) is 0 Å². The maximum absolute atomic E-state index is 11.3. The Hall–Kier alpha value is -1.98. The summed E-state index contributed by atoms with van der Waals surface area (Å²) in [6.07, 6.45) is 4.16. The minimum Gasteiger partial charge on any atom is -0.351 e. The average Bonchev–Trinajstić information content (AvgIpc) is 2.38. The minimum absolute atomic E-state index is 0.0573. The van der Waals surface area contributed by atoms with Crippen molar-refractivity contribution >= 4 is 17.3 Å². The van der Waals surface area contributed by atoms with Gasteiger partial charge in [0.05, 0.1) is 4.92 Å². The number of aryl methyl sites for hydroxylation is 1. The molecule has 0 unspecified atom stereocenters. The fourth-order valence-corrected chi connectivity index (χ4v) is 2.50. The number of hydrogen-bond acceptors (Lipinski definition) is 5. The molecular weight excluding hydrogens is 246 g/mol. The molecule has 0 radical (unpaired) electrons. The van der Waals surface area contributed by atoms with E-state index in [0.717, 1.165) is 12.8 Å². The largest absolute Gasteiger partial charge is 0.351 e. The van der Waals surface area contributed by atoms with Crippen LogP contribution in [0, 0.1) is 17.0 Å². The van der Waals surface area contributed by atoms with E-state index >= 15 is 0 Å². The van der Waals surface area contributed by atoms with Crippen molar-refractivity contribution in [2.24, 2.45) is 0 Å². The first-order valence-corrected chi connectivity index (χ1v) is 6.35. The predicted molar refractivity (Wildman–Crippen MR) is 71.3 cm³/mol. The first-order valence-electron chi connectivity index (χ1n) is 6.35. The molecule has 1 aromatic rings. The number of rotatable bonds is 3. The third-order valence-electron chi connectivity index (χ3n) is 3.68. The van der Waals surface area contributed by atoms with Gasteiger partial charge in [0, 0.05) is 37.7 Å². The van der Waals surface area contributed by atoms with Gasteiger partial charge in [-0.15, -0.1) is 0 Å². The number of nitrogens with zero attached hydrogens (tertiary/aromatic N) is 3. The lowest BCUT2D eigenvalue weighted by Gasteiger charge is -2.31. The van der Waals surface area contributed by atoms with Crippen molar-refractivity contribution in [3.63, 3.8) is 0 Å². The van der Waals surface area contributed by atoms with Crippen LogP contribution in [0.5, 0.6) is 0 Å². The van der Waals surface area contributed by atoms with Crippen molar-refractivity contribution in [3.05, 3.63) is 27.9 Å². The summed E-state index contributed by atoms with van der Waals surface area (Å²) < 4.78 is 0. The van der Waals surface area contributed by atoms with Crippen LogP contribution in [0.4, 0.5) is 11.5 Å². The topological polar surface area (TPSA) is 76.3 Å². The monoisotopic (exact) mass is 263 g/mol. The first kappa shape index (κ1) is 13.5. The van der Waals surface area contributed by atoms with E-state index in [4.69, 9.17) is 0 Å². The van der Waals surface area contributed by atoms with Crippen LogP contribution < -0.4 is 4.90 Å². The molecule has 6 nitrogen and oxygen atoms in total. The Morgan fingerprint density at radius 2 is 2.05 bits per heavy atom. The maximum atomic E-state index is 11.3. The Labute approximate surface area is 111 Å². The Kier molecular flexibility index (Phi) is 3.78. The molecule has 1 saturated carbocycles. The number of pyridine rings is 1. The van der Waals surface area contributed by atoms with Gasteiger partial charge < -0.3 is 4.90 Å². The number of anilines is 1. The van der Waals surface area contributed by atoms with E-state index in [1.54, 1.807) is 19.2 Å². The molecule has 0 spiro atoms. The molecule has 1 aliphatic carbocycles. The van der Waals surface area contributed by atoms with Crippen LogP contribution in [0.3, 0.4) is 0 Å². The highest BCUT2D eigenvalue weighted by Crippen LogP contribution is 2.32. The molecule has 0 aromatic carbocycles. The van der Waals surface area contributed by atoms with Crippen molar-refractivity contribution < 1.29 is 9.72 Å². The summed E-state index contributed by atoms with van der Waals surface area (Å²) in [4.78, 5) is 28.0. The molecule has 0 amide bonds. The Morgan fingerprint density at radius 3 is 2.63 bits per heavy atom. The van der Waals surface area contributed by atoms with Crippen LogP contribution in [0.1, 0.15) is 31.2 Å². The summed E-state index contributed by atoms with van der Waals surface area (Å²) in [7, 11) is 1.81. The molecule has 0 saturated heterocycles. The number of carbonyl (C=O) groups is 1. The Bertz CT molecular complexity index is 506. The smallest absolute Gasteiger partial charge is 0.314 e. The second-order valence-corrected chi connectivity index (χ2v) is 4.94. The molecule has 0 N–H and O–H groups in total. The van der Waals surface area contributed by atoms with Crippen LogP contribution in [-0.4, -0.2) is 28.8 Å². The summed E-state index contributed by atoms with van der Waals surface area (Å²) in [6, 6.07) is 1.78. The van der Waals surface area contributed by atoms with Gasteiger partial charge in [-0.1, -0.05) is 0 Å². The van der Waals surface area contributed by atoms with Crippen LogP contribution >= 0.6 is 0 Å². The van der Waals surface area contributed by atoms with Crippen molar-refractivity contribution in [2.45, 2.75) is 38.6 Å². The molecule has 19 heavy (non-hydrogen) atoms. The van der Waals surface area contributed by atoms with E-state index in [1.807, 2.05) is 11.9 Å². The van der Waals surface area contributed by atoms with Crippen molar-refractivity contribution in [1.29, 1.82) is 0 Å². The number of ketones is 1. The number of carbonyl (C=O) groups excluding carboxylic acids is 1. The fourth-order valence-electron chi connectivity index (χ4n) is 2.50.